The van der Waals surface area contributed by atoms with E-state index < -0.39 is 35.6 Å². The fourth-order valence-electron chi connectivity index (χ4n) is 3.67. The lowest BCUT2D eigenvalue weighted by molar-refractivity contribution is 0.0620. The minimum atomic E-state index is -2.99. The molecule has 0 fully saturated rings. The molecule has 4 aromatic rings. The molecule has 9 nitrogen and oxygen atoms in total. The van der Waals surface area contributed by atoms with E-state index in [9.17, 15) is 18.0 Å². The van der Waals surface area contributed by atoms with Crippen molar-refractivity contribution in [2.75, 3.05) is 13.7 Å². The molecule has 1 atom stereocenters. The summed E-state index contributed by atoms with van der Waals surface area (Å²) in [6.07, 6.45) is -0.378. The summed E-state index contributed by atoms with van der Waals surface area (Å²) in [4.78, 5) is 29.4. The van der Waals surface area contributed by atoms with Crippen molar-refractivity contribution in [1.29, 1.82) is 0 Å². The van der Waals surface area contributed by atoms with Gasteiger partial charge < -0.3 is 23.5 Å². The number of amides is 1. The van der Waals surface area contributed by atoms with Gasteiger partial charge in [-0.3, -0.25) is 4.79 Å². The Morgan fingerprint density at radius 1 is 1.35 bits per heavy atom. The van der Waals surface area contributed by atoms with Crippen LogP contribution in [-0.2, 0) is 6.42 Å². The highest BCUT2D eigenvalue weighted by atomic mass is 19.3. The van der Waals surface area contributed by atoms with E-state index in [2.05, 4.69) is 19.9 Å². The SMILES string of the molecule is COc1cc(F)c2oc([C@@H]3c4nc[nH]c4CCN3C(=O)c3ocnc3C(F)F)nc2c1. The van der Waals surface area contributed by atoms with Crippen LogP contribution in [0.15, 0.2) is 33.7 Å². The van der Waals surface area contributed by atoms with Gasteiger partial charge in [0.15, 0.2) is 29.5 Å². The maximum atomic E-state index is 14.4. The first-order chi connectivity index (χ1) is 15.0. The number of oxazole rings is 2. The van der Waals surface area contributed by atoms with Gasteiger partial charge in [0.1, 0.15) is 11.3 Å². The first-order valence-electron chi connectivity index (χ1n) is 9.16. The summed E-state index contributed by atoms with van der Waals surface area (Å²) in [5.41, 5.74) is 0.427. The van der Waals surface area contributed by atoms with Crippen LogP contribution in [-0.4, -0.2) is 44.4 Å². The largest absolute Gasteiger partial charge is 0.497 e. The predicted octanol–water partition coefficient (Wildman–Crippen LogP) is 3.41. The zero-order chi connectivity index (χ0) is 21.7. The van der Waals surface area contributed by atoms with Crippen molar-refractivity contribution in [1.82, 2.24) is 24.8 Å². The number of methoxy groups -OCH3 is 1. The number of nitrogens with zero attached hydrogens (tertiary/aromatic N) is 4. The highest BCUT2D eigenvalue weighted by Crippen LogP contribution is 2.37. The quantitative estimate of drug-likeness (QED) is 0.525. The van der Waals surface area contributed by atoms with Gasteiger partial charge in [0.2, 0.25) is 11.7 Å². The molecule has 0 saturated heterocycles. The van der Waals surface area contributed by atoms with E-state index in [0.717, 1.165) is 18.2 Å². The van der Waals surface area contributed by atoms with Gasteiger partial charge in [0, 0.05) is 30.8 Å². The van der Waals surface area contributed by atoms with Crippen molar-refractivity contribution in [2.24, 2.45) is 0 Å². The number of carbonyl (C=O) groups is 1. The van der Waals surface area contributed by atoms with E-state index in [-0.39, 0.29) is 29.3 Å². The molecule has 1 amide bonds. The Morgan fingerprint density at radius 2 is 2.19 bits per heavy atom. The summed E-state index contributed by atoms with van der Waals surface area (Å²) >= 11 is 0. The van der Waals surface area contributed by atoms with Crippen LogP contribution in [0.3, 0.4) is 0 Å². The molecule has 1 aliphatic rings. The average Bonchev–Trinajstić information content (AvgIpc) is 3.50. The van der Waals surface area contributed by atoms with Crippen molar-refractivity contribution in [3.63, 3.8) is 0 Å². The molecule has 1 aromatic carbocycles. The molecule has 160 valence electrons. The normalized spacial score (nSPS) is 16.2. The monoisotopic (exact) mass is 433 g/mol. The van der Waals surface area contributed by atoms with E-state index in [1.807, 2.05) is 0 Å². The van der Waals surface area contributed by atoms with Gasteiger partial charge in [-0.25, -0.2) is 28.1 Å². The number of aromatic amines is 1. The Bertz CT molecular complexity index is 1280. The summed E-state index contributed by atoms with van der Waals surface area (Å²) in [6, 6.07) is 1.64. The first kappa shape index (κ1) is 19.2. The standard InChI is InChI=1S/C19H14F3N5O4/c1-29-8-4-9(20)15-11(5-8)26-18(31-15)14-12-10(23-6-24-12)2-3-27(14)19(28)16-13(17(21)22)25-7-30-16/h4-7,14,17H,2-3H2,1H3,(H,23,24)/t14-/m0/s1. The summed E-state index contributed by atoms with van der Waals surface area (Å²) in [7, 11) is 1.39. The van der Waals surface area contributed by atoms with Crippen LogP contribution in [0.25, 0.3) is 11.1 Å². The summed E-state index contributed by atoms with van der Waals surface area (Å²) in [5, 5.41) is 0. The number of fused-ring (bicyclic) bond motifs is 2. The molecule has 0 saturated carbocycles. The van der Waals surface area contributed by atoms with Gasteiger partial charge in [0.05, 0.1) is 19.1 Å². The second-order valence-electron chi connectivity index (χ2n) is 6.79. The molecule has 1 N–H and O–H groups in total. The van der Waals surface area contributed by atoms with Crippen LogP contribution in [0.5, 0.6) is 5.75 Å². The summed E-state index contributed by atoms with van der Waals surface area (Å²) in [5.74, 6) is -1.89. The fourth-order valence-corrected chi connectivity index (χ4v) is 3.67. The molecule has 0 bridgehead atoms. The second-order valence-corrected chi connectivity index (χ2v) is 6.79. The number of halogens is 3. The molecule has 4 heterocycles. The van der Waals surface area contributed by atoms with E-state index in [4.69, 9.17) is 13.6 Å². The molecule has 3 aromatic heterocycles. The molecule has 1 aliphatic heterocycles. The molecule has 5 rings (SSSR count). The van der Waals surface area contributed by atoms with Crippen molar-refractivity contribution in [2.45, 2.75) is 18.9 Å². The van der Waals surface area contributed by atoms with Crippen LogP contribution < -0.4 is 4.74 Å². The molecule has 31 heavy (non-hydrogen) atoms. The van der Waals surface area contributed by atoms with E-state index in [0.29, 0.717) is 12.1 Å². The average molecular weight is 433 g/mol. The molecule has 0 aliphatic carbocycles. The number of hydrogen-bond donors (Lipinski definition) is 1. The summed E-state index contributed by atoms with van der Waals surface area (Å²) in [6.45, 7) is 0.132. The highest BCUT2D eigenvalue weighted by molar-refractivity contribution is 5.93. The number of alkyl halides is 2. The number of carbonyl (C=O) groups excluding carboxylic acids is 1. The third-order valence-electron chi connectivity index (χ3n) is 5.09. The fraction of sp³-hybridized carbons (Fsp3) is 0.263. The number of rotatable bonds is 4. The number of hydrogen-bond acceptors (Lipinski definition) is 7. The third-order valence-corrected chi connectivity index (χ3v) is 5.09. The van der Waals surface area contributed by atoms with Crippen LogP contribution in [0.1, 0.15) is 46.0 Å². The lowest BCUT2D eigenvalue weighted by Gasteiger charge is -2.32. The maximum Gasteiger partial charge on any atom is 0.292 e. The lowest BCUT2D eigenvalue weighted by Crippen LogP contribution is -2.41. The summed E-state index contributed by atoms with van der Waals surface area (Å²) < 4.78 is 56.6. The molecular weight excluding hydrogens is 419 g/mol. The maximum absolute atomic E-state index is 14.4. The predicted molar refractivity (Wildman–Crippen MR) is 97.2 cm³/mol. The smallest absolute Gasteiger partial charge is 0.292 e. The van der Waals surface area contributed by atoms with Gasteiger partial charge in [-0.1, -0.05) is 0 Å². The Kier molecular flexibility index (Phi) is 4.41. The van der Waals surface area contributed by atoms with Crippen LogP contribution >= 0.6 is 0 Å². The topological polar surface area (TPSA) is 110 Å². The van der Waals surface area contributed by atoms with E-state index in [1.165, 1.54) is 24.4 Å². The van der Waals surface area contributed by atoms with Crippen LogP contribution in [0, 0.1) is 5.82 Å². The van der Waals surface area contributed by atoms with Gasteiger partial charge in [0.25, 0.3) is 12.3 Å². The van der Waals surface area contributed by atoms with Crippen molar-refractivity contribution >= 4 is 17.0 Å². The number of H-pyrrole nitrogens is 1. The minimum Gasteiger partial charge on any atom is -0.497 e. The molecule has 0 unspecified atom stereocenters. The number of imidazole rings is 1. The number of ether oxygens (including phenoxy) is 1. The Hall–Kier alpha value is -3.83. The molecule has 0 spiro atoms. The van der Waals surface area contributed by atoms with Gasteiger partial charge in [-0.15, -0.1) is 0 Å². The van der Waals surface area contributed by atoms with E-state index in [1.54, 1.807) is 0 Å². The first-order valence-corrected chi connectivity index (χ1v) is 9.16. The Morgan fingerprint density at radius 3 is 2.97 bits per heavy atom. The minimum absolute atomic E-state index is 0.0262. The lowest BCUT2D eigenvalue weighted by atomic mass is 10.0. The van der Waals surface area contributed by atoms with Gasteiger partial charge in [-0.2, -0.15) is 0 Å². The highest BCUT2D eigenvalue weighted by Gasteiger charge is 2.40. The second kappa shape index (κ2) is 7.15. The Labute approximate surface area is 171 Å². The third kappa shape index (κ3) is 3.02. The molecular formula is C19H14F3N5O4. The van der Waals surface area contributed by atoms with Crippen molar-refractivity contribution in [3.8, 4) is 5.75 Å². The zero-order valence-corrected chi connectivity index (χ0v) is 15.9. The van der Waals surface area contributed by atoms with Gasteiger partial charge >= 0.3 is 0 Å². The molecule has 12 heteroatoms. The van der Waals surface area contributed by atoms with Gasteiger partial charge in [-0.05, 0) is 0 Å². The number of aromatic nitrogens is 4. The van der Waals surface area contributed by atoms with E-state index >= 15 is 0 Å². The molecule has 0 radical (unpaired) electrons. The van der Waals surface area contributed by atoms with Crippen LogP contribution in [0.2, 0.25) is 0 Å². The number of nitrogens with one attached hydrogen (secondary N) is 1. The van der Waals surface area contributed by atoms with Crippen molar-refractivity contribution in [3.05, 3.63) is 59.4 Å². The number of benzene rings is 1. The zero-order valence-electron chi connectivity index (χ0n) is 15.9. The van der Waals surface area contributed by atoms with Crippen LogP contribution in [0.4, 0.5) is 13.2 Å². The Balaban J connectivity index is 1.63. The van der Waals surface area contributed by atoms with Crippen molar-refractivity contribution < 1.29 is 31.5 Å².